The fourth-order valence-electron chi connectivity index (χ4n) is 2.69. The topological polar surface area (TPSA) is 75.6 Å². The van der Waals surface area contributed by atoms with E-state index in [1.54, 1.807) is 0 Å². The second-order valence-corrected chi connectivity index (χ2v) is 5.98. The maximum atomic E-state index is 13.4. The smallest absolute Gasteiger partial charge is 0.329 e. The largest absolute Gasteiger partial charge is 0.481 e. The molecule has 0 aliphatic heterocycles. The number of carboxylic acid groups (broad SMARTS) is 1. The Labute approximate surface area is 132 Å². The van der Waals surface area contributed by atoms with E-state index in [4.69, 9.17) is 4.74 Å². The van der Waals surface area contributed by atoms with Gasteiger partial charge in [-0.15, -0.1) is 0 Å². The van der Waals surface area contributed by atoms with Gasteiger partial charge in [0.1, 0.15) is 11.4 Å². The number of carboxylic acids is 1. The van der Waals surface area contributed by atoms with Crippen LogP contribution in [0.2, 0.25) is 0 Å². The van der Waals surface area contributed by atoms with Crippen LogP contribution in [0.4, 0.5) is 8.78 Å². The molecule has 7 heteroatoms. The number of halogens is 2. The van der Waals surface area contributed by atoms with Gasteiger partial charge in [-0.3, -0.25) is 4.79 Å². The van der Waals surface area contributed by atoms with Gasteiger partial charge in [0.25, 0.3) is 5.91 Å². The fourth-order valence-corrected chi connectivity index (χ4v) is 2.69. The van der Waals surface area contributed by atoms with Crippen molar-refractivity contribution >= 4 is 11.9 Å². The Morgan fingerprint density at radius 2 is 2.00 bits per heavy atom. The highest BCUT2D eigenvalue weighted by atomic mass is 19.1. The van der Waals surface area contributed by atoms with E-state index in [1.807, 2.05) is 6.92 Å². The Bertz CT molecular complexity index is 598. The van der Waals surface area contributed by atoms with E-state index in [2.05, 4.69) is 5.32 Å². The van der Waals surface area contributed by atoms with E-state index in [0.717, 1.165) is 12.1 Å². The molecule has 23 heavy (non-hydrogen) atoms. The highest BCUT2D eigenvalue weighted by Gasteiger charge is 2.42. The van der Waals surface area contributed by atoms with Gasteiger partial charge in [0.05, 0.1) is 0 Å². The predicted molar refractivity (Wildman–Crippen MR) is 78.0 cm³/mol. The van der Waals surface area contributed by atoms with Crippen LogP contribution in [0.5, 0.6) is 5.75 Å². The van der Waals surface area contributed by atoms with Crippen molar-refractivity contribution in [3.63, 3.8) is 0 Å². The Morgan fingerprint density at radius 3 is 2.57 bits per heavy atom. The van der Waals surface area contributed by atoms with Crippen LogP contribution in [0.15, 0.2) is 18.2 Å². The second-order valence-electron chi connectivity index (χ2n) is 5.98. The summed E-state index contributed by atoms with van der Waals surface area (Å²) < 4.78 is 31.2. The van der Waals surface area contributed by atoms with Gasteiger partial charge in [-0.1, -0.05) is 6.92 Å². The molecule has 0 bridgehead atoms. The lowest BCUT2D eigenvalue weighted by atomic mass is 9.77. The molecule has 0 radical (unpaired) electrons. The van der Waals surface area contributed by atoms with Crippen molar-refractivity contribution in [3.05, 3.63) is 29.8 Å². The monoisotopic (exact) mass is 327 g/mol. The molecule has 1 saturated carbocycles. The van der Waals surface area contributed by atoms with Crippen LogP contribution in [0.3, 0.4) is 0 Å². The van der Waals surface area contributed by atoms with E-state index in [-0.39, 0.29) is 5.75 Å². The number of rotatable bonds is 5. The Kier molecular flexibility index (Phi) is 5.18. The number of amides is 1. The molecule has 2 N–H and O–H groups in total. The number of benzene rings is 1. The van der Waals surface area contributed by atoms with E-state index in [9.17, 15) is 23.5 Å². The predicted octanol–water partition coefficient (Wildman–Crippen LogP) is 2.49. The maximum Gasteiger partial charge on any atom is 0.329 e. The van der Waals surface area contributed by atoms with Crippen LogP contribution in [-0.4, -0.2) is 29.1 Å². The molecule has 0 saturated heterocycles. The normalized spacial score (nSPS) is 24.0. The van der Waals surface area contributed by atoms with Crippen molar-refractivity contribution in [2.75, 3.05) is 6.61 Å². The van der Waals surface area contributed by atoms with Gasteiger partial charge in [-0.05, 0) is 43.7 Å². The summed E-state index contributed by atoms with van der Waals surface area (Å²) in [5.41, 5.74) is -1.30. The SMILES string of the molecule is CC1CCC(NC(=O)COc2ccc(F)cc2F)(C(=O)O)CC1. The van der Waals surface area contributed by atoms with Crippen LogP contribution in [0.25, 0.3) is 0 Å². The number of hydrogen-bond acceptors (Lipinski definition) is 3. The molecular formula is C16H19F2NO4. The molecule has 5 nitrogen and oxygen atoms in total. The van der Waals surface area contributed by atoms with E-state index >= 15 is 0 Å². The van der Waals surface area contributed by atoms with Crippen LogP contribution in [0.1, 0.15) is 32.6 Å². The molecule has 1 aliphatic rings. The third-order valence-electron chi connectivity index (χ3n) is 4.17. The minimum absolute atomic E-state index is 0.261. The van der Waals surface area contributed by atoms with Crippen molar-refractivity contribution in [1.82, 2.24) is 5.32 Å². The molecule has 1 amide bonds. The molecule has 1 fully saturated rings. The number of carbonyl (C=O) groups excluding carboxylic acids is 1. The summed E-state index contributed by atoms with van der Waals surface area (Å²) in [6.07, 6.45) is 2.11. The van der Waals surface area contributed by atoms with Gasteiger partial charge in [0, 0.05) is 6.07 Å². The van der Waals surface area contributed by atoms with Crippen LogP contribution in [-0.2, 0) is 9.59 Å². The van der Waals surface area contributed by atoms with Crippen LogP contribution >= 0.6 is 0 Å². The Hall–Kier alpha value is -2.18. The summed E-state index contributed by atoms with van der Waals surface area (Å²) in [7, 11) is 0. The lowest BCUT2D eigenvalue weighted by molar-refractivity contribution is -0.150. The Morgan fingerprint density at radius 1 is 1.35 bits per heavy atom. The minimum atomic E-state index is -1.30. The Balaban J connectivity index is 1.96. The molecule has 126 valence electrons. The summed E-state index contributed by atoms with van der Waals surface area (Å²) in [6.45, 7) is 1.50. The molecule has 1 aromatic carbocycles. The van der Waals surface area contributed by atoms with Crippen molar-refractivity contribution in [2.24, 2.45) is 5.92 Å². The van der Waals surface area contributed by atoms with Gasteiger partial charge >= 0.3 is 5.97 Å². The first-order valence-corrected chi connectivity index (χ1v) is 7.45. The van der Waals surface area contributed by atoms with Crippen LogP contribution < -0.4 is 10.1 Å². The molecular weight excluding hydrogens is 308 g/mol. The van der Waals surface area contributed by atoms with Gasteiger partial charge in [-0.25, -0.2) is 13.6 Å². The summed E-state index contributed by atoms with van der Waals surface area (Å²) >= 11 is 0. The third kappa shape index (κ3) is 4.18. The zero-order valence-corrected chi connectivity index (χ0v) is 12.8. The van der Waals surface area contributed by atoms with Gasteiger partial charge < -0.3 is 15.2 Å². The summed E-state index contributed by atoms with van der Waals surface area (Å²) in [5, 5.41) is 11.9. The summed E-state index contributed by atoms with van der Waals surface area (Å²) in [6, 6.07) is 2.74. The molecule has 0 heterocycles. The summed E-state index contributed by atoms with van der Waals surface area (Å²) in [5.74, 6) is -3.23. The average Bonchev–Trinajstić information content (AvgIpc) is 2.48. The van der Waals surface area contributed by atoms with E-state index in [1.165, 1.54) is 0 Å². The first-order chi connectivity index (χ1) is 10.8. The zero-order chi connectivity index (χ0) is 17.0. The zero-order valence-electron chi connectivity index (χ0n) is 12.8. The van der Waals surface area contributed by atoms with Crippen molar-refractivity contribution in [3.8, 4) is 5.75 Å². The number of aliphatic carboxylic acids is 1. The molecule has 0 atom stereocenters. The third-order valence-corrected chi connectivity index (χ3v) is 4.17. The van der Waals surface area contributed by atoms with E-state index < -0.39 is 35.7 Å². The highest BCUT2D eigenvalue weighted by molar-refractivity contribution is 5.87. The molecule has 0 unspecified atom stereocenters. The van der Waals surface area contributed by atoms with Crippen molar-refractivity contribution in [2.45, 2.75) is 38.1 Å². The number of nitrogens with one attached hydrogen (secondary N) is 1. The quantitative estimate of drug-likeness (QED) is 0.871. The molecule has 0 aromatic heterocycles. The summed E-state index contributed by atoms with van der Waals surface area (Å²) in [4.78, 5) is 23.5. The fraction of sp³-hybridized carbons (Fsp3) is 0.500. The molecule has 1 aromatic rings. The number of carbonyl (C=O) groups is 2. The maximum absolute atomic E-state index is 13.4. The first kappa shape index (κ1) is 17.2. The second kappa shape index (κ2) is 6.93. The standard InChI is InChI=1S/C16H19F2NO4/c1-10-4-6-16(7-5-10,15(21)22)19-14(20)9-23-13-3-2-11(17)8-12(13)18/h2-3,8,10H,4-7,9H2,1H3,(H,19,20)(H,21,22). The lowest BCUT2D eigenvalue weighted by Gasteiger charge is -2.36. The lowest BCUT2D eigenvalue weighted by Crippen LogP contribution is -2.57. The van der Waals surface area contributed by atoms with E-state index in [0.29, 0.717) is 37.7 Å². The molecule has 2 rings (SSSR count). The molecule has 0 spiro atoms. The van der Waals surface area contributed by atoms with Gasteiger partial charge in [0.15, 0.2) is 18.2 Å². The highest BCUT2D eigenvalue weighted by Crippen LogP contribution is 2.32. The molecule has 1 aliphatic carbocycles. The van der Waals surface area contributed by atoms with Gasteiger partial charge in [0.2, 0.25) is 0 Å². The minimum Gasteiger partial charge on any atom is -0.481 e. The average molecular weight is 327 g/mol. The number of hydrogen-bond donors (Lipinski definition) is 2. The number of ether oxygens (including phenoxy) is 1. The van der Waals surface area contributed by atoms with Crippen molar-refractivity contribution in [1.29, 1.82) is 0 Å². The first-order valence-electron chi connectivity index (χ1n) is 7.45. The van der Waals surface area contributed by atoms with Crippen molar-refractivity contribution < 1.29 is 28.2 Å². The van der Waals surface area contributed by atoms with Gasteiger partial charge in [-0.2, -0.15) is 0 Å². The van der Waals surface area contributed by atoms with Crippen LogP contribution in [0, 0.1) is 17.6 Å².